The Morgan fingerprint density at radius 3 is 2.47 bits per heavy atom. The lowest BCUT2D eigenvalue weighted by Gasteiger charge is -2.13. The second-order valence-corrected chi connectivity index (χ2v) is 4.17. The highest BCUT2D eigenvalue weighted by Crippen LogP contribution is 2.30. The first-order valence-corrected chi connectivity index (χ1v) is 5.35. The van der Waals surface area contributed by atoms with Crippen molar-refractivity contribution in [2.45, 2.75) is 32.6 Å². The van der Waals surface area contributed by atoms with Crippen LogP contribution in [0.2, 0.25) is 0 Å². The van der Waals surface area contributed by atoms with E-state index in [1.165, 1.54) is 0 Å². The number of hydrogen-bond acceptors (Lipinski definition) is 2. The van der Waals surface area contributed by atoms with Crippen LogP contribution in [0.4, 0.5) is 13.2 Å². The summed E-state index contributed by atoms with van der Waals surface area (Å²) in [6, 6.07) is 3.82. The summed E-state index contributed by atoms with van der Waals surface area (Å²) in [7, 11) is 0. The van der Waals surface area contributed by atoms with Gasteiger partial charge in [0.05, 0.1) is 12.2 Å². The predicted molar refractivity (Wildman–Crippen MR) is 59.6 cm³/mol. The lowest BCUT2D eigenvalue weighted by atomic mass is 10.1. The molecule has 17 heavy (non-hydrogen) atoms. The van der Waals surface area contributed by atoms with Crippen LogP contribution in [0, 0.1) is 6.92 Å². The van der Waals surface area contributed by atoms with Gasteiger partial charge in [0.2, 0.25) is 0 Å². The number of hydrogen-bond donors (Lipinski definition) is 2. The average molecular weight is 247 g/mol. The van der Waals surface area contributed by atoms with E-state index in [4.69, 9.17) is 5.11 Å². The number of nitrogens with one attached hydrogen (secondary N) is 1. The fourth-order valence-corrected chi connectivity index (χ4v) is 1.48. The summed E-state index contributed by atoms with van der Waals surface area (Å²) >= 11 is 0. The largest absolute Gasteiger partial charge is 0.416 e. The maximum absolute atomic E-state index is 12.6. The van der Waals surface area contributed by atoms with E-state index in [-0.39, 0.29) is 12.6 Å². The fraction of sp³-hybridized carbons (Fsp3) is 0.500. The van der Waals surface area contributed by atoms with Crippen molar-refractivity contribution in [3.05, 3.63) is 34.9 Å². The molecule has 5 heteroatoms. The van der Waals surface area contributed by atoms with Crippen molar-refractivity contribution in [2.24, 2.45) is 0 Å². The molecule has 0 saturated carbocycles. The van der Waals surface area contributed by atoms with E-state index in [1.54, 1.807) is 19.9 Å². The number of alkyl halides is 3. The molecule has 0 bridgehead atoms. The standard InChI is InChI=1S/C12H16F3NO/c1-8-3-10(6-16-9(2)7-17)5-11(4-8)12(13,14)15/h3-5,9,16-17H,6-7H2,1-2H3. The Labute approximate surface area is 98.5 Å². The van der Waals surface area contributed by atoms with Gasteiger partial charge in [0.15, 0.2) is 0 Å². The van der Waals surface area contributed by atoms with E-state index >= 15 is 0 Å². The number of aliphatic hydroxyl groups excluding tert-OH is 1. The number of rotatable bonds is 4. The van der Waals surface area contributed by atoms with Crippen molar-refractivity contribution >= 4 is 0 Å². The van der Waals surface area contributed by atoms with Gasteiger partial charge in [0.25, 0.3) is 0 Å². The van der Waals surface area contributed by atoms with Crippen LogP contribution in [-0.4, -0.2) is 17.8 Å². The summed E-state index contributed by atoms with van der Waals surface area (Å²) in [5.41, 5.74) is 0.511. The molecule has 1 unspecified atom stereocenters. The van der Waals surface area contributed by atoms with E-state index < -0.39 is 11.7 Å². The van der Waals surface area contributed by atoms with Crippen LogP contribution in [-0.2, 0) is 12.7 Å². The summed E-state index contributed by atoms with van der Waals surface area (Å²) in [4.78, 5) is 0. The molecule has 0 aliphatic heterocycles. The zero-order valence-corrected chi connectivity index (χ0v) is 9.80. The van der Waals surface area contributed by atoms with Gasteiger partial charge in [0.1, 0.15) is 0 Å². The first-order valence-electron chi connectivity index (χ1n) is 5.35. The minimum Gasteiger partial charge on any atom is -0.395 e. The molecule has 0 radical (unpaired) electrons. The quantitative estimate of drug-likeness (QED) is 0.856. The summed E-state index contributed by atoms with van der Waals surface area (Å²) < 4.78 is 37.7. The van der Waals surface area contributed by atoms with Crippen LogP contribution in [0.1, 0.15) is 23.6 Å². The third-order valence-corrected chi connectivity index (χ3v) is 2.39. The number of halogens is 3. The van der Waals surface area contributed by atoms with Crippen LogP contribution in [0.15, 0.2) is 18.2 Å². The molecule has 2 nitrogen and oxygen atoms in total. The Morgan fingerprint density at radius 1 is 1.29 bits per heavy atom. The molecule has 96 valence electrons. The molecule has 0 amide bonds. The molecular formula is C12H16F3NO. The Morgan fingerprint density at radius 2 is 1.94 bits per heavy atom. The van der Waals surface area contributed by atoms with Gasteiger partial charge in [0, 0.05) is 12.6 Å². The zero-order valence-electron chi connectivity index (χ0n) is 9.80. The summed E-state index contributed by atoms with van der Waals surface area (Å²) in [6.07, 6.45) is -4.32. The normalized spacial score (nSPS) is 13.8. The number of benzene rings is 1. The van der Waals surface area contributed by atoms with Gasteiger partial charge in [-0.05, 0) is 31.5 Å². The molecule has 2 N–H and O–H groups in total. The highest BCUT2D eigenvalue weighted by Gasteiger charge is 2.30. The maximum atomic E-state index is 12.6. The molecule has 0 spiro atoms. The molecule has 0 aliphatic carbocycles. The zero-order chi connectivity index (χ0) is 13.1. The second-order valence-electron chi connectivity index (χ2n) is 4.17. The lowest BCUT2D eigenvalue weighted by Crippen LogP contribution is -2.28. The Bertz CT molecular complexity index is 377. The Balaban J connectivity index is 2.83. The van der Waals surface area contributed by atoms with Gasteiger partial charge < -0.3 is 10.4 Å². The molecule has 1 atom stereocenters. The number of aryl methyl sites for hydroxylation is 1. The van der Waals surface area contributed by atoms with Crippen molar-refractivity contribution in [1.29, 1.82) is 0 Å². The lowest BCUT2D eigenvalue weighted by molar-refractivity contribution is -0.137. The Kier molecular flexibility index (Phi) is 4.54. The Hall–Kier alpha value is -1.07. The van der Waals surface area contributed by atoms with Crippen molar-refractivity contribution in [3.63, 3.8) is 0 Å². The van der Waals surface area contributed by atoms with Crippen LogP contribution in [0.5, 0.6) is 0 Å². The molecule has 1 aromatic carbocycles. The summed E-state index contributed by atoms with van der Waals surface area (Å²) in [5, 5.41) is 11.7. The van der Waals surface area contributed by atoms with Crippen molar-refractivity contribution in [1.82, 2.24) is 5.32 Å². The molecule has 0 fully saturated rings. The van der Waals surface area contributed by atoms with E-state index in [1.807, 2.05) is 0 Å². The van der Waals surface area contributed by atoms with E-state index in [0.717, 1.165) is 12.1 Å². The van der Waals surface area contributed by atoms with Gasteiger partial charge >= 0.3 is 6.18 Å². The highest BCUT2D eigenvalue weighted by molar-refractivity contribution is 5.31. The SMILES string of the molecule is Cc1cc(CNC(C)CO)cc(C(F)(F)F)c1. The maximum Gasteiger partial charge on any atom is 0.416 e. The predicted octanol–water partition coefficient (Wildman–Crippen LogP) is 2.48. The van der Waals surface area contributed by atoms with Crippen molar-refractivity contribution in [3.8, 4) is 0 Å². The van der Waals surface area contributed by atoms with E-state index in [0.29, 0.717) is 17.7 Å². The van der Waals surface area contributed by atoms with Gasteiger partial charge in [-0.1, -0.05) is 11.6 Å². The van der Waals surface area contributed by atoms with Crippen LogP contribution in [0.3, 0.4) is 0 Å². The van der Waals surface area contributed by atoms with E-state index in [2.05, 4.69) is 5.32 Å². The molecular weight excluding hydrogens is 231 g/mol. The summed E-state index contributed by atoms with van der Waals surface area (Å²) in [5.74, 6) is 0. The molecule has 0 heterocycles. The molecule has 0 aromatic heterocycles. The smallest absolute Gasteiger partial charge is 0.395 e. The molecule has 1 rings (SSSR count). The van der Waals surface area contributed by atoms with Crippen molar-refractivity contribution in [2.75, 3.05) is 6.61 Å². The average Bonchev–Trinajstić information content (AvgIpc) is 2.24. The van der Waals surface area contributed by atoms with Gasteiger partial charge in [-0.2, -0.15) is 13.2 Å². The number of aliphatic hydroxyl groups is 1. The monoisotopic (exact) mass is 247 g/mol. The second kappa shape index (κ2) is 5.51. The fourth-order valence-electron chi connectivity index (χ4n) is 1.48. The first kappa shape index (κ1) is 14.0. The van der Waals surface area contributed by atoms with Gasteiger partial charge in [-0.25, -0.2) is 0 Å². The molecule has 0 aliphatic rings. The van der Waals surface area contributed by atoms with Crippen LogP contribution in [0.25, 0.3) is 0 Å². The van der Waals surface area contributed by atoms with E-state index in [9.17, 15) is 13.2 Å². The topological polar surface area (TPSA) is 32.3 Å². The van der Waals surface area contributed by atoms with Gasteiger partial charge in [-0.3, -0.25) is 0 Å². The minimum absolute atomic E-state index is 0.0437. The highest BCUT2D eigenvalue weighted by atomic mass is 19.4. The van der Waals surface area contributed by atoms with Crippen LogP contribution >= 0.6 is 0 Å². The molecule has 0 saturated heterocycles. The molecule has 1 aromatic rings. The van der Waals surface area contributed by atoms with Gasteiger partial charge in [-0.15, -0.1) is 0 Å². The van der Waals surface area contributed by atoms with Crippen LogP contribution < -0.4 is 5.32 Å². The first-order chi connectivity index (χ1) is 7.82. The third-order valence-electron chi connectivity index (χ3n) is 2.39. The summed E-state index contributed by atoms with van der Waals surface area (Å²) in [6.45, 7) is 3.67. The van der Waals surface area contributed by atoms with Crippen molar-refractivity contribution < 1.29 is 18.3 Å². The third kappa shape index (κ3) is 4.36. The minimum atomic E-state index is -4.32.